The lowest BCUT2D eigenvalue weighted by atomic mass is 10.1. The van der Waals surface area contributed by atoms with Gasteiger partial charge in [-0.3, -0.25) is 0 Å². The van der Waals surface area contributed by atoms with E-state index in [-0.39, 0.29) is 5.97 Å². The van der Waals surface area contributed by atoms with E-state index >= 15 is 0 Å². The summed E-state index contributed by atoms with van der Waals surface area (Å²) in [7, 11) is 0. The molecule has 0 aliphatic carbocycles. The van der Waals surface area contributed by atoms with E-state index in [1.54, 1.807) is 12.1 Å². The molecule has 0 aromatic heterocycles. The Hall–Kier alpha value is -2.09. The van der Waals surface area contributed by atoms with Crippen molar-refractivity contribution in [2.75, 3.05) is 0 Å². The molecule has 0 N–H and O–H groups in total. The molecule has 110 valence electrons. The van der Waals surface area contributed by atoms with E-state index in [0.29, 0.717) is 11.3 Å². The fourth-order valence-corrected chi connectivity index (χ4v) is 2.20. The Labute approximate surface area is 126 Å². The highest BCUT2D eigenvalue weighted by atomic mass is 16.5. The van der Waals surface area contributed by atoms with Crippen molar-refractivity contribution in [2.24, 2.45) is 0 Å². The molecule has 0 aliphatic heterocycles. The van der Waals surface area contributed by atoms with Crippen LogP contribution in [0.5, 0.6) is 5.75 Å². The van der Waals surface area contributed by atoms with Crippen molar-refractivity contribution in [3.8, 4) is 5.75 Å². The Morgan fingerprint density at radius 3 is 2.52 bits per heavy atom. The Kier molecular flexibility index (Phi) is 5.56. The van der Waals surface area contributed by atoms with Crippen LogP contribution in [0.25, 0.3) is 0 Å². The predicted molar refractivity (Wildman–Crippen MR) is 85.8 cm³/mol. The minimum absolute atomic E-state index is 0.305. The van der Waals surface area contributed by atoms with Gasteiger partial charge in [0, 0.05) is 0 Å². The second-order valence-corrected chi connectivity index (χ2v) is 5.36. The lowest BCUT2D eigenvalue weighted by Crippen LogP contribution is -2.08. The number of hydrogen-bond acceptors (Lipinski definition) is 2. The van der Waals surface area contributed by atoms with E-state index in [1.807, 2.05) is 37.3 Å². The number of hydrogen-bond donors (Lipinski definition) is 0. The molecule has 0 spiro atoms. The number of ether oxygens (including phenoxy) is 1. The van der Waals surface area contributed by atoms with Crippen LogP contribution >= 0.6 is 0 Å². The Bertz CT molecular complexity index is 585. The quantitative estimate of drug-likeness (QED) is 0.426. The van der Waals surface area contributed by atoms with Crippen molar-refractivity contribution in [3.63, 3.8) is 0 Å². The second-order valence-electron chi connectivity index (χ2n) is 5.36. The van der Waals surface area contributed by atoms with Gasteiger partial charge in [0.25, 0.3) is 0 Å². The number of aryl methyl sites for hydroxylation is 2. The molecule has 2 aromatic carbocycles. The van der Waals surface area contributed by atoms with Gasteiger partial charge in [0.05, 0.1) is 5.56 Å². The summed E-state index contributed by atoms with van der Waals surface area (Å²) in [6.45, 7) is 4.19. The third-order valence-corrected chi connectivity index (χ3v) is 3.47. The van der Waals surface area contributed by atoms with Crippen molar-refractivity contribution < 1.29 is 9.53 Å². The van der Waals surface area contributed by atoms with Gasteiger partial charge in [-0.25, -0.2) is 4.79 Å². The molecule has 0 saturated carbocycles. The summed E-state index contributed by atoms with van der Waals surface area (Å²) in [5.74, 6) is 0.315. The van der Waals surface area contributed by atoms with Crippen molar-refractivity contribution in [2.45, 2.75) is 39.5 Å². The Balaban J connectivity index is 2.00. The van der Waals surface area contributed by atoms with Crippen LogP contribution in [0, 0.1) is 6.92 Å². The molecular formula is C19H22O2. The zero-order valence-corrected chi connectivity index (χ0v) is 12.8. The molecule has 0 saturated heterocycles. The monoisotopic (exact) mass is 282 g/mol. The molecule has 2 rings (SSSR count). The first-order valence-corrected chi connectivity index (χ1v) is 7.57. The molecular weight excluding hydrogens is 260 g/mol. The van der Waals surface area contributed by atoms with Crippen molar-refractivity contribution in [3.05, 3.63) is 65.2 Å². The number of esters is 1. The summed E-state index contributed by atoms with van der Waals surface area (Å²) < 4.78 is 5.45. The largest absolute Gasteiger partial charge is 0.423 e. The molecule has 21 heavy (non-hydrogen) atoms. The minimum atomic E-state index is -0.305. The number of benzene rings is 2. The molecule has 0 radical (unpaired) electrons. The standard InChI is InChI=1S/C19H22O2/c1-3-4-5-7-16-8-6-9-18(14-16)21-19(20)17-12-10-15(2)11-13-17/h6,8-14H,3-5,7H2,1-2H3. The summed E-state index contributed by atoms with van der Waals surface area (Å²) >= 11 is 0. The molecule has 2 nitrogen and oxygen atoms in total. The van der Waals surface area contributed by atoms with E-state index in [0.717, 1.165) is 12.0 Å². The molecule has 0 amide bonds. The van der Waals surface area contributed by atoms with Gasteiger partial charge in [-0.2, -0.15) is 0 Å². The van der Waals surface area contributed by atoms with Crippen LogP contribution in [0.15, 0.2) is 48.5 Å². The summed E-state index contributed by atoms with van der Waals surface area (Å²) in [6.07, 6.45) is 4.64. The minimum Gasteiger partial charge on any atom is -0.423 e. The van der Waals surface area contributed by atoms with Crippen molar-refractivity contribution in [1.29, 1.82) is 0 Å². The average Bonchev–Trinajstić information content (AvgIpc) is 2.48. The average molecular weight is 282 g/mol. The predicted octanol–water partition coefficient (Wildman–Crippen LogP) is 4.95. The summed E-state index contributed by atoms with van der Waals surface area (Å²) in [6, 6.07) is 15.2. The maximum absolute atomic E-state index is 12.1. The van der Waals surface area contributed by atoms with Gasteiger partial charge in [0.2, 0.25) is 0 Å². The first-order valence-electron chi connectivity index (χ1n) is 7.57. The van der Waals surface area contributed by atoms with Gasteiger partial charge >= 0.3 is 5.97 Å². The fraction of sp³-hybridized carbons (Fsp3) is 0.316. The lowest BCUT2D eigenvalue weighted by Gasteiger charge is -2.07. The van der Waals surface area contributed by atoms with Crippen LogP contribution in [-0.2, 0) is 6.42 Å². The summed E-state index contributed by atoms with van der Waals surface area (Å²) in [5, 5.41) is 0. The fourth-order valence-electron chi connectivity index (χ4n) is 2.20. The molecule has 0 aliphatic rings. The first kappa shape index (κ1) is 15.3. The van der Waals surface area contributed by atoms with Crippen LogP contribution in [0.4, 0.5) is 0 Å². The molecule has 0 bridgehead atoms. The second kappa shape index (κ2) is 7.63. The number of carbonyl (C=O) groups is 1. The first-order chi connectivity index (χ1) is 10.2. The third-order valence-electron chi connectivity index (χ3n) is 3.47. The van der Waals surface area contributed by atoms with Crippen LogP contribution in [0.3, 0.4) is 0 Å². The lowest BCUT2D eigenvalue weighted by molar-refractivity contribution is 0.0734. The highest BCUT2D eigenvalue weighted by molar-refractivity contribution is 5.91. The van der Waals surface area contributed by atoms with E-state index in [1.165, 1.54) is 24.8 Å². The Morgan fingerprint density at radius 2 is 1.81 bits per heavy atom. The highest BCUT2D eigenvalue weighted by Crippen LogP contribution is 2.17. The molecule has 2 heteroatoms. The zero-order chi connectivity index (χ0) is 15.1. The number of carbonyl (C=O) groups excluding carboxylic acids is 1. The van der Waals surface area contributed by atoms with Gasteiger partial charge in [-0.15, -0.1) is 0 Å². The normalized spacial score (nSPS) is 10.4. The van der Waals surface area contributed by atoms with Crippen LogP contribution in [-0.4, -0.2) is 5.97 Å². The summed E-state index contributed by atoms with van der Waals surface area (Å²) in [5.41, 5.74) is 2.93. The van der Waals surface area contributed by atoms with Crippen molar-refractivity contribution in [1.82, 2.24) is 0 Å². The smallest absolute Gasteiger partial charge is 0.343 e. The van der Waals surface area contributed by atoms with Gasteiger partial charge in [-0.05, 0) is 49.6 Å². The maximum atomic E-state index is 12.1. The topological polar surface area (TPSA) is 26.3 Å². The SMILES string of the molecule is CCCCCc1cccc(OC(=O)c2ccc(C)cc2)c1. The molecule has 0 unspecified atom stereocenters. The van der Waals surface area contributed by atoms with Gasteiger partial charge in [-0.1, -0.05) is 49.6 Å². The van der Waals surface area contributed by atoms with E-state index < -0.39 is 0 Å². The van der Waals surface area contributed by atoms with E-state index in [2.05, 4.69) is 13.0 Å². The van der Waals surface area contributed by atoms with Crippen LogP contribution < -0.4 is 4.74 Å². The van der Waals surface area contributed by atoms with Crippen molar-refractivity contribution >= 4 is 5.97 Å². The molecule has 2 aromatic rings. The van der Waals surface area contributed by atoms with Crippen LogP contribution in [0.2, 0.25) is 0 Å². The molecule has 0 fully saturated rings. The molecule has 0 atom stereocenters. The van der Waals surface area contributed by atoms with Gasteiger partial charge in [0.15, 0.2) is 0 Å². The van der Waals surface area contributed by atoms with E-state index in [9.17, 15) is 4.79 Å². The van der Waals surface area contributed by atoms with Gasteiger partial charge in [0.1, 0.15) is 5.75 Å². The van der Waals surface area contributed by atoms with E-state index in [4.69, 9.17) is 4.74 Å². The number of rotatable bonds is 6. The molecule has 0 heterocycles. The number of unbranched alkanes of at least 4 members (excludes halogenated alkanes) is 2. The zero-order valence-electron chi connectivity index (χ0n) is 12.8. The van der Waals surface area contributed by atoms with Gasteiger partial charge < -0.3 is 4.74 Å². The Morgan fingerprint density at radius 1 is 1.05 bits per heavy atom. The third kappa shape index (κ3) is 4.75. The maximum Gasteiger partial charge on any atom is 0.343 e. The van der Waals surface area contributed by atoms with Crippen LogP contribution in [0.1, 0.15) is 47.7 Å². The highest BCUT2D eigenvalue weighted by Gasteiger charge is 2.08. The summed E-state index contributed by atoms with van der Waals surface area (Å²) in [4.78, 5) is 12.1.